The smallest absolute Gasteiger partial charge is 0.475 e. The molecule has 33 heavy (non-hydrogen) atoms. The van der Waals surface area contributed by atoms with E-state index in [4.69, 9.17) is 24.1 Å². The molecule has 0 amide bonds. The third-order valence-corrected chi connectivity index (χ3v) is 6.69. The number of halogens is 3. The molecule has 1 aliphatic heterocycles. The lowest BCUT2D eigenvalue weighted by Crippen LogP contribution is -2.59. The Hall–Kier alpha value is -2.49. The molecule has 4 rings (SSSR count). The fourth-order valence-corrected chi connectivity index (χ4v) is 5.37. The summed E-state index contributed by atoms with van der Waals surface area (Å²) in [5, 5.41) is 10.9. The van der Waals surface area contributed by atoms with Crippen molar-refractivity contribution >= 4 is 12.1 Å². The highest BCUT2D eigenvalue weighted by Crippen LogP contribution is 2.54. The van der Waals surface area contributed by atoms with Crippen LogP contribution in [0.25, 0.3) is 0 Å². The van der Waals surface area contributed by atoms with E-state index in [2.05, 4.69) is 17.4 Å². The van der Waals surface area contributed by atoms with Crippen molar-refractivity contribution in [2.24, 2.45) is 5.92 Å². The number of carbonyl (C=O) groups excluding carboxylic acids is 1. The van der Waals surface area contributed by atoms with Gasteiger partial charge in [0.25, 0.3) is 0 Å². The summed E-state index contributed by atoms with van der Waals surface area (Å²) in [7, 11) is 0. The number of fused-ring (bicyclic) bond motifs is 1. The van der Waals surface area contributed by atoms with Crippen LogP contribution in [0.2, 0.25) is 0 Å². The Labute approximate surface area is 190 Å². The highest BCUT2D eigenvalue weighted by Gasteiger charge is 2.51. The second-order valence-corrected chi connectivity index (χ2v) is 8.65. The molecule has 2 N–H and O–H groups in total. The Morgan fingerprint density at radius 1 is 1.21 bits per heavy atom. The van der Waals surface area contributed by atoms with Crippen LogP contribution >= 0.6 is 0 Å². The first-order valence-electron chi connectivity index (χ1n) is 11.3. The van der Waals surface area contributed by atoms with Crippen molar-refractivity contribution in [2.45, 2.75) is 69.5 Å². The minimum absolute atomic E-state index is 0.109. The number of hydrogen-bond acceptors (Lipinski definition) is 6. The quantitative estimate of drug-likeness (QED) is 0.478. The summed E-state index contributed by atoms with van der Waals surface area (Å²) >= 11 is 0. The van der Waals surface area contributed by atoms with Crippen LogP contribution in [-0.2, 0) is 26.1 Å². The number of piperidine rings is 1. The zero-order valence-corrected chi connectivity index (χ0v) is 18.6. The number of ether oxygens (including phenoxy) is 3. The first-order chi connectivity index (χ1) is 15.7. The molecule has 7 nitrogen and oxygen atoms in total. The van der Waals surface area contributed by atoms with E-state index in [1.165, 1.54) is 43.2 Å². The minimum atomic E-state index is -5.08. The van der Waals surface area contributed by atoms with E-state index < -0.39 is 18.3 Å². The van der Waals surface area contributed by atoms with Gasteiger partial charge in [0.15, 0.2) is 0 Å². The summed E-state index contributed by atoms with van der Waals surface area (Å²) in [5.74, 6) is -1.23. The normalized spacial score (nSPS) is 25.5. The highest BCUT2D eigenvalue weighted by atomic mass is 19.4. The van der Waals surface area contributed by atoms with E-state index in [1.807, 2.05) is 13.0 Å². The molecule has 3 aliphatic rings. The molecule has 2 bridgehead atoms. The minimum Gasteiger partial charge on any atom is -0.475 e. The van der Waals surface area contributed by atoms with E-state index in [0.29, 0.717) is 18.1 Å². The Morgan fingerprint density at radius 3 is 2.67 bits per heavy atom. The van der Waals surface area contributed by atoms with Crippen LogP contribution in [0.5, 0.6) is 5.75 Å². The molecule has 2 fully saturated rings. The lowest BCUT2D eigenvalue weighted by molar-refractivity contribution is -0.192. The van der Waals surface area contributed by atoms with Crippen molar-refractivity contribution in [2.75, 3.05) is 19.9 Å². The Balaban J connectivity index is 0.000000383. The molecule has 3 atom stereocenters. The van der Waals surface area contributed by atoms with Gasteiger partial charge in [-0.25, -0.2) is 9.59 Å². The molecule has 1 saturated carbocycles. The maximum Gasteiger partial charge on any atom is 0.511 e. The topological polar surface area (TPSA) is 94.1 Å². The summed E-state index contributed by atoms with van der Waals surface area (Å²) in [6.07, 6.45) is 2.63. The van der Waals surface area contributed by atoms with Gasteiger partial charge in [-0.15, -0.1) is 0 Å². The number of aliphatic carboxylic acids is 1. The molecule has 0 spiro atoms. The standard InChI is InChI=1S/C21H29NO4.C2HF3O2/c1-2-11-24-20(23)26-14-25-16-7-6-15-12-19-17-5-3-4-8-21(17,9-10-22-19)18(15)13-16;3-2(4,5)1(6)7/h6-7,13,17,19,22H,2-5,8-12,14H2,1H3;(H,6,7)/t17-,19+,21-;/m1./s1. The third kappa shape index (κ3) is 5.90. The molecule has 1 aromatic carbocycles. The molecule has 184 valence electrons. The van der Waals surface area contributed by atoms with Gasteiger partial charge in [-0.05, 0) is 67.8 Å². The molecule has 0 aromatic heterocycles. The molecule has 1 saturated heterocycles. The molecule has 2 aliphatic carbocycles. The number of carbonyl (C=O) groups is 2. The van der Waals surface area contributed by atoms with Crippen LogP contribution in [0.1, 0.15) is 56.6 Å². The Morgan fingerprint density at radius 2 is 1.97 bits per heavy atom. The number of nitrogens with one attached hydrogen (secondary N) is 1. The largest absolute Gasteiger partial charge is 0.511 e. The first-order valence-corrected chi connectivity index (χ1v) is 11.3. The number of benzene rings is 1. The van der Waals surface area contributed by atoms with Crippen LogP contribution < -0.4 is 10.1 Å². The van der Waals surface area contributed by atoms with Gasteiger partial charge in [0, 0.05) is 11.5 Å². The summed E-state index contributed by atoms with van der Waals surface area (Å²) in [6.45, 7) is 3.32. The van der Waals surface area contributed by atoms with E-state index in [-0.39, 0.29) is 6.79 Å². The van der Waals surface area contributed by atoms with Gasteiger partial charge in [0.2, 0.25) is 6.79 Å². The lowest BCUT2D eigenvalue weighted by Gasteiger charge is -2.56. The monoisotopic (exact) mass is 473 g/mol. The van der Waals surface area contributed by atoms with Crippen LogP contribution in [0.4, 0.5) is 18.0 Å². The molecule has 0 unspecified atom stereocenters. The molecule has 0 radical (unpaired) electrons. The van der Waals surface area contributed by atoms with Crippen molar-refractivity contribution in [3.05, 3.63) is 29.3 Å². The molecule has 1 heterocycles. The maximum atomic E-state index is 11.4. The van der Waals surface area contributed by atoms with Gasteiger partial charge in [0.1, 0.15) is 5.75 Å². The van der Waals surface area contributed by atoms with Crippen molar-refractivity contribution in [3.8, 4) is 5.75 Å². The molecular formula is C23H30F3NO6. The summed E-state index contributed by atoms with van der Waals surface area (Å²) in [4.78, 5) is 20.3. The van der Waals surface area contributed by atoms with Gasteiger partial charge >= 0.3 is 18.3 Å². The first kappa shape index (κ1) is 25.1. The van der Waals surface area contributed by atoms with Crippen molar-refractivity contribution < 1.29 is 42.1 Å². The van der Waals surface area contributed by atoms with Gasteiger partial charge < -0.3 is 24.6 Å². The molecule has 10 heteroatoms. The van der Waals surface area contributed by atoms with E-state index in [1.54, 1.807) is 0 Å². The third-order valence-electron chi connectivity index (χ3n) is 6.69. The highest BCUT2D eigenvalue weighted by molar-refractivity contribution is 5.73. The van der Waals surface area contributed by atoms with Crippen LogP contribution in [0.15, 0.2) is 18.2 Å². The number of carboxylic acid groups (broad SMARTS) is 1. The average Bonchev–Trinajstić information content (AvgIpc) is 2.78. The van der Waals surface area contributed by atoms with Crippen molar-refractivity contribution in [3.63, 3.8) is 0 Å². The molecule has 1 aromatic rings. The second kappa shape index (κ2) is 10.6. The van der Waals surface area contributed by atoms with Crippen molar-refractivity contribution in [1.82, 2.24) is 5.32 Å². The number of rotatable bonds is 5. The van der Waals surface area contributed by atoms with Gasteiger partial charge in [0.05, 0.1) is 6.61 Å². The fourth-order valence-electron chi connectivity index (χ4n) is 5.37. The van der Waals surface area contributed by atoms with Crippen LogP contribution in [-0.4, -0.2) is 49.4 Å². The average molecular weight is 473 g/mol. The van der Waals surface area contributed by atoms with Crippen LogP contribution in [0.3, 0.4) is 0 Å². The van der Waals surface area contributed by atoms with E-state index in [0.717, 1.165) is 31.1 Å². The number of carboxylic acids is 1. The zero-order chi connectivity index (χ0) is 24.1. The van der Waals surface area contributed by atoms with Gasteiger partial charge in [-0.3, -0.25) is 0 Å². The Kier molecular flexibility index (Phi) is 8.10. The summed E-state index contributed by atoms with van der Waals surface area (Å²) < 4.78 is 47.3. The molecular weight excluding hydrogens is 443 g/mol. The summed E-state index contributed by atoms with van der Waals surface area (Å²) in [6, 6.07) is 7.03. The maximum absolute atomic E-state index is 11.4. The summed E-state index contributed by atoms with van der Waals surface area (Å²) in [5.41, 5.74) is 3.24. The fraction of sp³-hybridized carbons (Fsp3) is 0.652. The van der Waals surface area contributed by atoms with Gasteiger partial charge in [-0.2, -0.15) is 13.2 Å². The zero-order valence-electron chi connectivity index (χ0n) is 18.6. The van der Waals surface area contributed by atoms with E-state index >= 15 is 0 Å². The lowest BCUT2D eigenvalue weighted by atomic mass is 9.53. The predicted molar refractivity (Wildman–Crippen MR) is 112 cm³/mol. The van der Waals surface area contributed by atoms with Crippen molar-refractivity contribution in [1.29, 1.82) is 0 Å². The van der Waals surface area contributed by atoms with Gasteiger partial charge in [-0.1, -0.05) is 25.8 Å². The number of hydrogen-bond donors (Lipinski definition) is 2. The van der Waals surface area contributed by atoms with E-state index in [9.17, 15) is 18.0 Å². The SMILES string of the molecule is CCCOC(=O)OCOc1ccc2c(c1)[C@@]13CCCC[C@@H]1[C@H](C2)NCC3.O=C(O)C(F)(F)F. The predicted octanol–water partition coefficient (Wildman–Crippen LogP) is 4.57. The number of alkyl halides is 3. The second-order valence-electron chi connectivity index (χ2n) is 8.65. The van der Waals surface area contributed by atoms with Crippen LogP contribution in [0, 0.1) is 5.92 Å². The Bertz CT molecular complexity index is 842.